The van der Waals surface area contributed by atoms with Gasteiger partial charge in [0.2, 0.25) is 5.91 Å². The van der Waals surface area contributed by atoms with Crippen molar-refractivity contribution in [2.75, 3.05) is 26.8 Å². The van der Waals surface area contributed by atoms with Gasteiger partial charge >= 0.3 is 5.97 Å². The lowest BCUT2D eigenvalue weighted by Gasteiger charge is -2.41. The summed E-state index contributed by atoms with van der Waals surface area (Å²) < 4.78 is 10.8. The Morgan fingerprint density at radius 2 is 2.07 bits per heavy atom. The molecule has 1 atom stereocenters. The van der Waals surface area contributed by atoms with Crippen LogP contribution in [0.3, 0.4) is 0 Å². The van der Waals surface area contributed by atoms with Gasteiger partial charge in [0, 0.05) is 31.4 Å². The highest BCUT2D eigenvalue weighted by Gasteiger charge is 2.44. The first-order valence-electron chi connectivity index (χ1n) is 10.5. The van der Waals surface area contributed by atoms with Crippen molar-refractivity contribution in [1.29, 1.82) is 0 Å². The normalized spacial score (nSPS) is 18.7. The Morgan fingerprint density at radius 3 is 2.80 bits per heavy atom. The van der Waals surface area contributed by atoms with Gasteiger partial charge in [0.15, 0.2) is 0 Å². The van der Waals surface area contributed by atoms with E-state index in [-0.39, 0.29) is 11.9 Å². The van der Waals surface area contributed by atoms with Crippen molar-refractivity contribution in [3.63, 3.8) is 0 Å². The molecule has 160 valence electrons. The second-order valence-electron chi connectivity index (χ2n) is 7.77. The lowest BCUT2D eigenvalue weighted by atomic mass is 9.75. The number of nitrogens with zero attached hydrogens (tertiary/aromatic N) is 2. The van der Waals surface area contributed by atoms with Crippen molar-refractivity contribution >= 4 is 11.9 Å². The van der Waals surface area contributed by atoms with E-state index in [0.717, 1.165) is 23.4 Å². The summed E-state index contributed by atoms with van der Waals surface area (Å²) in [6.07, 6.45) is 4.71. The van der Waals surface area contributed by atoms with Crippen LogP contribution in [0, 0.1) is 5.41 Å². The summed E-state index contributed by atoms with van der Waals surface area (Å²) in [6.45, 7) is 3.19. The number of hydrogen-bond donors (Lipinski definition) is 0. The largest absolute Gasteiger partial charge is 0.497 e. The Hall–Kier alpha value is -2.89. The van der Waals surface area contributed by atoms with Crippen molar-refractivity contribution < 1.29 is 19.1 Å². The number of ether oxygens (including phenoxy) is 2. The summed E-state index contributed by atoms with van der Waals surface area (Å²) in [6, 6.07) is 13.5. The molecule has 1 aromatic carbocycles. The van der Waals surface area contributed by atoms with Gasteiger partial charge in [-0.2, -0.15) is 0 Å². The topological polar surface area (TPSA) is 68.7 Å². The molecule has 0 spiro atoms. The molecule has 0 bridgehead atoms. The summed E-state index contributed by atoms with van der Waals surface area (Å²) in [4.78, 5) is 32.1. The van der Waals surface area contributed by atoms with Crippen LogP contribution in [0.15, 0.2) is 48.7 Å². The summed E-state index contributed by atoms with van der Waals surface area (Å²) in [5.74, 6) is 0.584. The predicted molar refractivity (Wildman–Crippen MR) is 114 cm³/mol. The Balaban J connectivity index is 1.75. The van der Waals surface area contributed by atoms with Crippen LogP contribution in [0.2, 0.25) is 0 Å². The monoisotopic (exact) mass is 410 g/mol. The number of benzene rings is 1. The number of aromatic nitrogens is 1. The number of likely N-dealkylation sites (tertiary alicyclic amines) is 1. The molecular weight excluding hydrogens is 380 g/mol. The third-order valence-corrected chi connectivity index (χ3v) is 5.64. The fourth-order valence-electron chi connectivity index (χ4n) is 4.12. The van der Waals surface area contributed by atoms with Crippen LogP contribution >= 0.6 is 0 Å². The number of rotatable bonds is 8. The highest BCUT2D eigenvalue weighted by atomic mass is 16.5. The first-order chi connectivity index (χ1) is 14.6. The molecule has 0 N–H and O–H groups in total. The molecule has 1 saturated heterocycles. The first-order valence-corrected chi connectivity index (χ1v) is 10.5. The average Bonchev–Trinajstić information content (AvgIpc) is 2.78. The van der Waals surface area contributed by atoms with E-state index >= 15 is 0 Å². The van der Waals surface area contributed by atoms with Gasteiger partial charge in [-0.15, -0.1) is 0 Å². The molecule has 2 aromatic rings. The zero-order chi connectivity index (χ0) is 21.4. The Bertz CT molecular complexity index is 855. The second-order valence-corrected chi connectivity index (χ2v) is 7.77. The number of hydrogen-bond acceptors (Lipinski definition) is 5. The van der Waals surface area contributed by atoms with Crippen molar-refractivity contribution in [1.82, 2.24) is 9.88 Å². The zero-order valence-electron chi connectivity index (χ0n) is 17.8. The van der Waals surface area contributed by atoms with Crippen LogP contribution in [0.25, 0.3) is 0 Å². The fourth-order valence-corrected chi connectivity index (χ4v) is 4.12. The van der Waals surface area contributed by atoms with Gasteiger partial charge in [-0.3, -0.25) is 14.6 Å². The number of aryl methyl sites for hydroxylation is 1. The van der Waals surface area contributed by atoms with Crippen LogP contribution < -0.4 is 4.74 Å². The molecule has 0 unspecified atom stereocenters. The van der Waals surface area contributed by atoms with Crippen molar-refractivity contribution in [2.24, 2.45) is 5.41 Å². The maximum absolute atomic E-state index is 13.0. The molecule has 2 heterocycles. The summed E-state index contributed by atoms with van der Waals surface area (Å²) in [5, 5.41) is 0. The fraction of sp³-hybridized carbons (Fsp3) is 0.458. The van der Waals surface area contributed by atoms with Gasteiger partial charge in [0.1, 0.15) is 5.75 Å². The van der Waals surface area contributed by atoms with E-state index in [2.05, 4.69) is 4.98 Å². The summed E-state index contributed by atoms with van der Waals surface area (Å²) >= 11 is 0. The van der Waals surface area contributed by atoms with Gasteiger partial charge in [-0.05, 0) is 62.4 Å². The smallest absolute Gasteiger partial charge is 0.314 e. The Labute approximate surface area is 178 Å². The number of methoxy groups -OCH3 is 1. The van der Waals surface area contributed by atoms with Crippen molar-refractivity contribution in [3.05, 3.63) is 59.9 Å². The van der Waals surface area contributed by atoms with Crippen molar-refractivity contribution in [2.45, 2.75) is 39.0 Å². The molecule has 3 rings (SSSR count). The van der Waals surface area contributed by atoms with Gasteiger partial charge < -0.3 is 14.4 Å². The van der Waals surface area contributed by atoms with Crippen LogP contribution in [0.5, 0.6) is 5.75 Å². The van der Waals surface area contributed by atoms with E-state index in [1.165, 1.54) is 0 Å². The zero-order valence-corrected chi connectivity index (χ0v) is 17.8. The standard InChI is InChI=1S/C24H30N2O4/c1-3-30-23(28)24(17-19-8-6-10-21(16-19)29-2)13-7-15-26(18-24)22(27)12-11-20-9-4-5-14-25-20/h4-6,8-10,14,16H,3,7,11-13,15,17-18H2,1-2H3/t24-/m0/s1. The first kappa shape index (κ1) is 21.8. The molecule has 6 nitrogen and oxygen atoms in total. The second kappa shape index (κ2) is 10.2. The molecule has 1 amide bonds. The van der Waals surface area contributed by atoms with Gasteiger partial charge in [-0.25, -0.2) is 0 Å². The lowest BCUT2D eigenvalue weighted by Crippen LogP contribution is -2.51. The molecule has 1 fully saturated rings. The van der Waals surface area contributed by atoms with E-state index in [9.17, 15) is 9.59 Å². The molecule has 6 heteroatoms. The van der Waals surface area contributed by atoms with Crippen molar-refractivity contribution in [3.8, 4) is 5.75 Å². The van der Waals surface area contributed by atoms with Gasteiger partial charge in [0.05, 0.1) is 19.1 Å². The van der Waals surface area contributed by atoms with Crippen LogP contribution in [-0.4, -0.2) is 48.6 Å². The number of esters is 1. The third-order valence-electron chi connectivity index (χ3n) is 5.64. The number of piperidine rings is 1. The van der Waals surface area contributed by atoms with E-state index in [1.54, 1.807) is 13.3 Å². The average molecular weight is 411 g/mol. The van der Waals surface area contributed by atoms with Gasteiger partial charge in [-0.1, -0.05) is 18.2 Å². The highest BCUT2D eigenvalue weighted by Crippen LogP contribution is 2.36. The van der Waals surface area contributed by atoms with Crippen LogP contribution in [-0.2, 0) is 27.2 Å². The van der Waals surface area contributed by atoms with Crippen LogP contribution in [0.4, 0.5) is 0 Å². The summed E-state index contributed by atoms with van der Waals surface area (Å²) in [5.41, 5.74) is 1.17. The van der Waals surface area contributed by atoms with Gasteiger partial charge in [0.25, 0.3) is 0 Å². The number of carbonyl (C=O) groups is 2. The predicted octanol–water partition coefficient (Wildman–Crippen LogP) is 3.44. The molecule has 0 aliphatic carbocycles. The Morgan fingerprint density at radius 1 is 1.20 bits per heavy atom. The quantitative estimate of drug-likeness (QED) is 0.624. The minimum absolute atomic E-state index is 0.0552. The molecule has 30 heavy (non-hydrogen) atoms. The Kier molecular flexibility index (Phi) is 7.44. The van der Waals surface area contributed by atoms with E-state index in [1.807, 2.05) is 54.3 Å². The molecule has 1 aromatic heterocycles. The SMILES string of the molecule is CCOC(=O)[C@]1(Cc2cccc(OC)c2)CCCN(C(=O)CCc2ccccn2)C1. The number of carbonyl (C=O) groups excluding carboxylic acids is 2. The lowest BCUT2D eigenvalue weighted by molar-refractivity contribution is -0.160. The van der Waals surface area contributed by atoms with E-state index in [0.29, 0.717) is 45.4 Å². The molecule has 0 saturated carbocycles. The minimum atomic E-state index is -0.735. The highest BCUT2D eigenvalue weighted by molar-refractivity contribution is 5.81. The molecule has 0 radical (unpaired) electrons. The summed E-state index contributed by atoms with van der Waals surface area (Å²) in [7, 11) is 1.63. The maximum Gasteiger partial charge on any atom is 0.314 e. The molecule has 1 aliphatic rings. The molecule has 1 aliphatic heterocycles. The van der Waals surface area contributed by atoms with E-state index < -0.39 is 5.41 Å². The number of amides is 1. The van der Waals surface area contributed by atoms with Crippen LogP contribution in [0.1, 0.15) is 37.4 Å². The van der Waals surface area contributed by atoms with E-state index in [4.69, 9.17) is 9.47 Å². The third kappa shape index (κ3) is 5.38. The molecular formula is C24H30N2O4. The number of pyridine rings is 1. The maximum atomic E-state index is 13.0. The minimum Gasteiger partial charge on any atom is -0.497 e.